The fraction of sp³-hybridized carbons (Fsp3) is 0.500. The lowest BCUT2D eigenvalue weighted by molar-refractivity contribution is -0.132. The molecule has 96 valence electrons. The zero-order valence-corrected chi connectivity index (χ0v) is 10.4. The first-order valence-corrected chi connectivity index (χ1v) is 6.57. The molecule has 2 N–H and O–H groups in total. The summed E-state index contributed by atoms with van der Waals surface area (Å²) in [6.07, 6.45) is 3.64. The Morgan fingerprint density at radius 1 is 1.39 bits per heavy atom. The molecule has 0 bridgehead atoms. The number of carbonyl (C=O) groups excluding carboxylic acids is 1. The van der Waals surface area contributed by atoms with Gasteiger partial charge in [-0.15, -0.1) is 0 Å². The average molecular weight is 246 g/mol. The van der Waals surface area contributed by atoms with Gasteiger partial charge in [-0.3, -0.25) is 4.79 Å². The van der Waals surface area contributed by atoms with E-state index in [2.05, 4.69) is 0 Å². The Morgan fingerprint density at radius 3 is 3.06 bits per heavy atom. The Bertz CT molecular complexity index is 467. The minimum Gasteiger partial charge on any atom is -0.399 e. The number of ether oxygens (including phenoxy) is 1. The number of anilines is 2. The van der Waals surface area contributed by atoms with Crippen LogP contribution in [0.2, 0.25) is 0 Å². The molecule has 0 aliphatic carbocycles. The maximum absolute atomic E-state index is 12.4. The van der Waals surface area contributed by atoms with Gasteiger partial charge < -0.3 is 15.4 Å². The van der Waals surface area contributed by atoms with Crippen molar-refractivity contribution in [3.63, 3.8) is 0 Å². The van der Waals surface area contributed by atoms with Crippen molar-refractivity contribution in [1.29, 1.82) is 0 Å². The normalized spacial score (nSPS) is 22.9. The first kappa shape index (κ1) is 11.5. The lowest BCUT2D eigenvalue weighted by atomic mass is 10.1. The van der Waals surface area contributed by atoms with Gasteiger partial charge in [0.15, 0.2) is 0 Å². The van der Waals surface area contributed by atoms with Gasteiger partial charge in [0, 0.05) is 24.5 Å². The summed E-state index contributed by atoms with van der Waals surface area (Å²) < 4.78 is 5.57. The molecular weight excluding hydrogens is 228 g/mol. The van der Waals surface area contributed by atoms with E-state index in [1.165, 1.54) is 5.56 Å². The molecule has 1 aromatic rings. The van der Waals surface area contributed by atoms with Crippen LogP contribution in [0.4, 0.5) is 11.4 Å². The molecular formula is C14H18N2O2. The largest absolute Gasteiger partial charge is 0.399 e. The number of hydrogen-bond donors (Lipinski definition) is 1. The predicted molar refractivity (Wildman–Crippen MR) is 70.5 cm³/mol. The van der Waals surface area contributed by atoms with Gasteiger partial charge in [-0.1, -0.05) is 0 Å². The van der Waals surface area contributed by atoms with Gasteiger partial charge in [-0.2, -0.15) is 0 Å². The highest BCUT2D eigenvalue weighted by Crippen LogP contribution is 2.31. The average Bonchev–Trinajstić information content (AvgIpc) is 2.81. The molecule has 1 unspecified atom stereocenters. The van der Waals surface area contributed by atoms with Crippen molar-refractivity contribution in [2.45, 2.75) is 31.8 Å². The van der Waals surface area contributed by atoms with Crippen LogP contribution < -0.4 is 10.6 Å². The Hall–Kier alpha value is -1.55. The minimum absolute atomic E-state index is 0.109. The van der Waals surface area contributed by atoms with Crippen molar-refractivity contribution in [3.8, 4) is 0 Å². The van der Waals surface area contributed by atoms with Crippen molar-refractivity contribution in [1.82, 2.24) is 0 Å². The molecule has 1 amide bonds. The Morgan fingerprint density at radius 2 is 2.28 bits per heavy atom. The second-order valence-corrected chi connectivity index (χ2v) is 4.98. The summed E-state index contributed by atoms with van der Waals surface area (Å²) in [6.45, 7) is 1.45. The van der Waals surface area contributed by atoms with Crippen LogP contribution in [0.25, 0.3) is 0 Å². The van der Waals surface area contributed by atoms with E-state index in [9.17, 15) is 4.79 Å². The van der Waals surface area contributed by atoms with Crippen LogP contribution >= 0.6 is 0 Å². The van der Waals surface area contributed by atoms with E-state index in [0.29, 0.717) is 6.61 Å². The summed E-state index contributed by atoms with van der Waals surface area (Å²) in [5.41, 5.74) is 8.70. The fourth-order valence-electron chi connectivity index (χ4n) is 2.76. The van der Waals surface area contributed by atoms with Gasteiger partial charge in [0.25, 0.3) is 5.91 Å². The molecule has 0 aromatic heterocycles. The number of benzene rings is 1. The second kappa shape index (κ2) is 4.61. The third-order valence-electron chi connectivity index (χ3n) is 3.72. The molecule has 1 atom stereocenters. The molecule has 1 aromatic carbocycles. The van der Waals surface area contributed by atoms with Crippen LogP contribution in [-0.4, -0.2) is 25.2 Å². The van der Waals surface area contributed by atoms with Crippen molar-refractivity contribution < 1.29 is 9.53 Å². The number of nitrogens with two attached hydrogens (primary N) is 1. The van der Waals surface area contributed by atoms with Gasteiger partial charge in [-0.05, 0) is 49.4 Å². The molecule has 0 radical (unpaired) electrons. The Kier molecular flexibility index (Phi) is 2.96. The first-order valence-electron chi connectivity index (χ1n) is 6.57. The maximum Gasteiger partial charge on any atom is 0.256 e. The SMILES string of the molecule is Nc1ccc2c(c1)CCN2C(=O)C1CCCCO1. The molecule has 2 aliphatic heterocycles. The van der Waals surface area contributed by atoms with Gasteiger partial charge in [0.1, 0.15) is 6.10 Å². The molecule has 3 rings (SSSR count). The number of fused-ring (bicyclic) bond motifs is 1. The number of amides is 1. The van der Waals surface area contributed by atoms with Crippen LogP contribution in [0, 0.1) is 0 Å². The molecule has 0 saturated carbocycles. The molecule has 2 aliphatic rings. The van der Waals surface area contributed by atoms with Crippen molar-refractivity contribution in [2.24, 2.45) is 0 Å². The Balaban J connectivity index is 1.80. The van der Waals surface area contributed by atoms with Gasteiger partial charge in [-0.25, -0.2) is 0 Å². The summed E-state index contributed by atoms with van der Waals surface area (Å²) in [6, 6.07) is 5.76. The zero-order chi connectivity index (χ0) is 12.5. The topological polar surface area (TPSA) is 55.6 Å². The van der Waals surface area contributed by atoms with E-state index in [4.69, 9.17) is 10.5 Å². The third-order valence-corrected chi connectivity index (χ3v) is 3.72. The standard InChI is InChI=1S/C14H18N2O2/c15-11-4-5-12-10(9-11)6-7-16(12)14(17)13-3-1-2-8-18-13/h4-5,9,13H,1-3,6-8,15H2. The summed E-state index contributed by atoms with van der Waals surface area (Å²) in [5.74, 6) is 0.109. The monoisotopic (exact) mass is 246 g/mol. The van der Waals surface area contributed by atoms with E-state index in [0.717, 1.165) is 43.6 Å². The molecule has 2 heterocycles. The van der Waals surface area contributed by atoms with Crippen molar-refractivity contribution in [3.05, 3.63) is 23.8 Å². The quantitative estimate of drug-likeness (QED) is 0.768. The zero-order valence-electron chi connectivity index (χ0n) is 10.4. The highest BCUT2D eigenvalue weighted by atomic mass is 16.5. The maximum atomic E-state index is 12.4. The second-order valence-electron chi connectivity index (χ2n) is 4.98. The Labute approximate surface area is 107 Å². The first-order chi connectivity index (χ1) is 8.75. The lowest BCUT2D eigenvalue weighted by Gasteiger charge is -2.27. The number of hydrogen-bond acceptors (Lipinski definition) is 3. The molecule has 1 saturated heterocycles. The molecule has 1 fully saturated rings. The molecule has 4 nitrogen and oxygen atoms in total. The summed E-state index contributed by atoms with van der Waals surface area (Å²) >= 11 is 0. The van der Waals surface area contributed by atoms with Crippen molar-refractivity contribution >= 4 is 17.3 Å². The highest BCUT2D eigenvalue weighted by molar-refractivity contribution is 5.98. The van der Waals surface area contributed by atoms with E-state index >= 15 is 0 Å². The van der Waals surface area contributed by atoms with Gasteiger partial charge in [0.05, 0.1) is 0 Å². The van der Waals surface area contributed by atoms with Crippen LogP contribution in [0.5, 0.6) is 0 Å². The highest BCUT2D eigenvalue weighted by Gasteiger charge is 2.31. The van der Waals surface area contributed by atoms with Crippen LogP contribution in [0.3, 0.4) is 0 Å². The third kappa shape index (κ3) is 1.97. The number of rotatable bonds is 1. The summed E-state index contributed by atoms with van der Waals surface area (Å²) in [7, 11) is 0. The van der Waals surface area contributed by atoms with Crippen molar-refractivity contribution in [2.75, 3.05) is 23.8 Å². The minimum atomic E-state index is -0.248. The number of nitrogen functional groups attached to an aromatic ring is 1. The number of carbonyl (C=O) groups is 1. The predicted octanol–water partition coefficient (Wildman–Crippen LogP) is 1.73. The van der Waals surface area contributed by atoms with Gasteiger partial charge >= 0.3 is 0 Å². The van der Waals surface area contributed by atoms with Crippen LogP contribution in [-0.2, 0) is 16.0 Å². The van der Waals surface area contributed by atoms with Crippen LogP contribution in [0.15, 0.2) is 18.2 Å². The van der Waals surface area contributed by atoms with E-state index in [1.807, 2.05) is 23.1 Å². The molecule has 4 heteroatoms. The lowest BCUT2D eigenvalue weighted by Crippen LogP contribution is -2.41. The molecule has 0 spiro atoms. The van der Waals surface area contributed by atoms with E-state index in [1.54, 1.807) is 0 Å². The summed E-state index contributed by atoms with van der Waals surface area (Å²) in [5, 5.41) is 0. The summed E-state index contributed by atoms with van der Waals surface area (Å²) in [4.78, 5) is 14.3. The smallest absolute Gasteiger partial charge is 0.256 e. The van der Waals surface area contributed by atoms with E-state index in [-0.39, 0.29) is 12.0 Å². The fourth-order valence-corrected chi connectivity index (χ4v) is 2.76. The van der Waals surface area contributed by atoms with Gasteiger partial charge in [0.2, 0.25) is 0 Å². The van der Waals surface area contributed by atoms with Crippen LogP contribution in [0.1, 0.15) is 24.8 Å². The molecule has 18 heavy (non-hydrogen) atoms. The number of nitrogens with zero attached hydrogens (tertiary/aromatic N) is 1. The van der Waals surface area contributed by atoms with E-state index < -0.39 is 0 Å².